The van der Waals surface area contributed by atoms with Crippen LogP contribution in [0, 0.1) is 0 Å². The monoisotopic (exact) mass is 317 g/mol. The third-order valence-corrected chi connectivity index (χ3v) is 3.94. The number of allylic oxidation sites excluding steroid dienone is 1. The van der Waals surface area contributed by atoms with Crippen LogP contribution in [0.2, 0.25) is 0 Å². The molecule has 1 N–H and O–H groups in total. The minimum Gasteiger partial charge on any atom is -0.496 e. The van der Waals surface area contributed by atoms with Crippen LogP contribution >= 0.6 is 0 Å². The molecule has 0 aliphatic heterocycles. The summed E-state index contributed by atoms with van der Waals surface area (Å²) in [6, 6.07) is 19.3. The number of methoxy groups -OCH3 is 1. The first-order chi connectivity index (χ1) is 11.7. The number of ether oxygens (including phenoxy) is 1. The number of carbonyl (C=O) groups excluding carboxylic acids is 1. The van der Waals surface area contributed by atoms with Gasteiger partial charge in [0.05, 0.1) is 7.11 Å². The molecular formula is C21H19NO2. The normalized spacial score (nSPS) is 10.4. The second kappa shape index (κ2) is 7.01. The average molecular weight is 317 g/mol. The van der Waals surface area contributed by atoms with Gasteiger partial charge in [-0.15, -0.1) is 6.58 Å². The van der Waals surface area contributed by atoms with Crippen LogP contribution in [0.15, 0.2) is 73.3 Å². The molecule has 0 saturated carbocycles. The van der Waals surface area contributed by atoms with Crippen molar-refractivity contribution in [3.63, 3.8) is 0 Å². The first kappa shape index (κ1) is 15.8. The molecule has 3 rings (SSSR count). The fourth-order valence-electron chi connectivity index (χ4n) is 2.76. The number of hydrogen-bond acceptors (Lipinski definition) is 2. The van der Waals surface area contributed by atoms with Gasteiger partial charge in [0.2, 0.25) is 0 Å². The molecule has 120 valence electrons. The topological polar surface area (TPSA) is 38.3 Å². The van der Waals surface area contributed by atoms with Crippen molar-refractivity contribution in [3.8, 4) is 5.75 Å². The van der Waals surface area contributed by atoms with Gasteiger partial charge in [-0.2, -0.15) is 0 Å². The average Bonchev–Trinajstić information content (AvgIpc) is 2.62. The van der Waals surface area contributed by atoms with Gasteiger partial charge in [0.1, 0.15) is 5.75 Å². The molecule has 0 aliphatic carbocycles. The summed E-state index contributed by atoms with van der Waals surface area (Å²) < 4.78 is 5.33. The van der Waals surface area contributed by atoms with Crippen LogP contribution in [0.25, 0.3) is 10.8 Å². The zero-order valence-corrected chi connectivity index (χ0v) is 13.6. The van der Waals surface area contributed by atoms with Gasteiger partial charge in [-0.05, 0) is 41.6 Å². The quantitative estimate of drug-likeness (QED) is 0.685. The van der Waals surface area contributed by atoms with Gasteiger partial charge in [0.25, 0.3) is 5.91 Å². The molecule has 0 aliphatic rings. The zero-order valence-electron chi connectivity index (χ0n) is 13.6. The van der Waals surface area contributed by atoms with Crippen LogP contribution in [0.3, 0.4) is 0 Å². The molecule has 0 atom stereocenters. The lowest BCUT2D eigenvalue weighted by Crippen LogP contribution is -2.12. The molecule has 0 spiro atoms. The van der Waals surface area contributed by atoms with Crippen molar-refractivity contribution in [3.05, 3.63) is 84.4 Å². The van der Waals surface area contributed by atoms with Crippen LogP contribution < -0.4 is 10.1 Å². The van der Waals surface area contributed by atoms with E-state index in [0.717, 1.165) is 27.8 Å². The molecule has 3 aromatic carbocycles. The third kappa shape index (κ3) is 3.15. The van der Waals surface area contributed by atoms with Crippen LogP contribution in [-0.4, -0.2) is 13.0 Å². The minimum atomic E-state index is -0.140. The summed E-state index contributed by atoms with van der Waals surface area (Å²) in [5.74, 6) is 0.621. The highest BCUT2D eigenvalue weighted by Crippen LogP contribution is 2.25. The van der Waals surface area contributed by atoms with Gasteiger partial charge in [-0.1, -0.05) is 42.5 Å². The number of nitrogens with one attached hydrogen (secondary N) is 1. The Labute approximate surface area is 141 Å². The minimum absolute atomic E-state index is 0.140. The molecule has 0 radical (unpaired) electrons. The van der Waals surface area contributed by atoms with Gasteiger partial charge in [-0.25, -0.2) is 0 Å². The van der Waals surface area contributed by atoms with Crippen LogP contribution in [0.1, 0.15) is 15.9 Å². The lowest BCUT2D eigenvalue weighted by atomic mass is 10.1. The van der Waals surface area contributed by atoms with Gasteiger partial charge in [0.15, 0.2) is 0 Å². The second-order valence-electron chi connectivity index (χ2n) is 5.50. The van der Waals surface area contributed by atoms with E-state index < -0.39 is 0 Å². The van der Waals surface area contributed by atoms with Crippen molar-refractivity contribution in [2.75, 3.05) is 12.4 Å². The summed E-state index contributed by atoms with van der Waals surface area (Å²) in [7, 11) is 1.62. The zero-order chi connectivity index (χ0) is 16.9. The Balaban J connectivity index is 1.92. The Kier molecular flexibility index (Phi) is 4.62. The Hall–Kier alpha value is -3.07. The number of amides is 1. The van der Waals surface area contributed by atoms with Gasteiger partial charge >= 0.3 is 0 Å². The molecule has 0 unspecified atom stereocenters. The standard InChI is InChI=1S/C21H19NO2/c1-3-7-16-14-17(12-13-20(16)24-2)21(23)22-19-11-6-9-15-8-4-5-10-18(15)19/h3-6,8-14H,1,7H2,2H3,(H,22,23). The van der Waals surface area contributed by atoms with Crippen molar-refractivity contribution in [2.45, 2.75) is 6.42 Å². The van der Waals surface area contributed by atoms with Crippen molar-refractivity contribution >= 4 is 22.4 Å². The highest BCUT2D eigenvalue weighted by molar-refractivity contribution is 6.09. The second-order valence-corrected chi connectivity index (χ2v) is 5.50. The lowest BCUT2D eigenvalue weighted by Gasteiger charge is -2.11. The van der Waals surface area contributed by atoms with E-state index in [1.807, 2.05) is 54.6 Å². The van der Waals surface area contributed by atoms with Gasteiger partial charge in [0, 0.05) is 16.6 Å². The fraction of sp³-hybridized carbons (Fsp3) is 0.0952. The van der Waals surface area contributed by atoms with Crippen molar-refractivity contribution in [1.29, 1.82) is 0 Å². The van der Waals surface area contributed by atoms with E-state index in [1.165, 1.54) is 0 Å². The summed E-state index contributed by atoms with van der Waals surface area (Å²) in [5.41, 5.74) is 2.35. The van der Waals surface area contributed by atoms with Crippen LogP contribution in [-0.2, 0) is 6.42 Å². The highest BCUT2D eigenvalue weighted by atomic mass is 16.5. The summed E-state index contributed by atoms with van der Waals surface area (Å²) in [6.45, 7) is 3.75. The number of fused-ring (bicyclic) bond motifs is 1. The first-order valence-corrected chi connectivity index (χ1v) is 7.80. The van der Waals surface area contributed by atoms with Crippen molar-refractivity contribution in [2.24, 2.45) is 0 Å². The summed E-state index contributed by atoms with van der Waals surface area (Å²) in [6.07, 6.45) is 2.45. The van der Waals surface area contributed by atoms with Gasteiger partial charge < -0.3 is 10.1 Å². The number of anilines is 1. The number of carbonyl (C=O) groups is 1. The highest BCUT2D eigenvalue weighted by Gasteiger charge is 2.11. The molecule has 0 fully saturated rings. The number of rotatable bonds is 5. The number of hydrogen-bond donors (Lipinski definition) is 1. The summed E-state index contributed by atoms with van der Waals surface area (Å²) in [5, 5.41) is 5.12. The SMILES string of the molecule is C=CCc1cc(C(=O)Nc2cccc3ccccc23)ccc1OC. The van der Waals surface area contributed by atoms with Crippen LogP contribution in [0.4, 0.5) is 5.69 Å². The molecule has 0 bridgehead atoms. The molecule has 24 heavy (non-hydrogen) atoms. The van der Waals surface area contributed by atoms with E-state index in [1.54, 1.807) is 19.3 Å². The Morgan fingerprint density at radius 1 is 1.12 bits per heavy atom. The maximum absolute atomic E-state index is 12.6. The van der Waals surface area contributed by atoms with E-state index in [4.69, 9.17) is 4.74 Å². The first-order valence-electron chi connectivity index (χ1n) is 7.80. The molecule has 0 aromatic heterocycles. The van der Waals surface area contributed by atoms with E-state index >= 15 is 0 Å². The predicted molar refractivity (Wildman–Crippen MR) is 98.8 cm³/mol. The molecule has 0 saturated heterocycles. The maximum atomic E-state index is 12.6. The largest absolute Gasteiger partial charge is 0.496 e. The summed E-state index contributed by atoms with van der Waals surface area (Å²) in [4.78, 5) is 12.6. The molecule has 3 nitrogen and oxygen atoms in total. The smallest absolute Gasteiger partial charge is 0.255 e. The maximum Gasteiger partial charge on any atom is 0.255 e. The lowest BCUT2D eigenvalue weighted by molar-refractivity contribution is 0.102. The van der Waals surface area contributed by atoms with Crippen molar-refractivity contribution in [1.82, 2.24) is 0 Å². The van der Waals surface area contributed by atoms with E-state index in [9.17, 15) is 4.79 Å². The Bertz CT molecular complexity index is 894. The van der Waals surface area contributed by atoms with E-state index in [2.05, 4.69) is 11.9 Å². The van der Waals surface area contributed by atoms with Crippen molar-refractivity contribution < 1.29 is 9.53 Å². The van der Waals surface area contributed by atoms with E-state index in [-0.39, 0.29) is 5.91 Å². The fourth-order valence-corrected chi connectivity index (χ4v) is 2.76. The van der Waals surface area contributed by atoms with E-state index in [0.29, 0.717) is 12.0 Å². The van der Waals surface area contributed by atoms with Crippen LogP contribution in [0.5, 0.6) is 5.75 Å². The Morgan fingerprint density at radius 3 is 2.71 bits per heavy atom. The molecule has 1 amide bonds. The number of benzene rings is 3. The third-order valence-electron chi connectivity index (χ3n) is 3.94. The molecule has 0 heterocycles. The molecule has 3 aromatic rings. The Morgan fingerprint density at radius 2 is 1.92 bits per heavy atom. The summed E-state index contributed by atoms with van der Waals surface area (Å²) >= 11 is 0. The predicted octanol–water partition coefficient (Wildman–Crippen LogP) is 4.83. The van der Waals surface area contributed by atoms with Gasteiger partial charge in [-0.3, -0.25) is 4.79 Å². The molecular weight excluding hydrogens is 298 g/mol. The molecule has 3 heteroatoms.